The predicted molar refractivity (Wildman–Crippen MR) is 95.2 cm³/mol. The minimum absolute atomic E-state index is 0.0820. The number of nitrogens with one attached hydrogen (secondary N) is 1. The molecular formula is C19H20ClNO3. The van der Waals surface area contributed by atoms with Gasteiger partial charge in [0.15, 0.2) is 11.5 Å². The minimum Gasteiger partial charge on any atom is -0.489 e. The first-order chi connectivity index (χ1) is 11.7. The summed E-state index contributed by atoms with van der Waals surface area (Å²) in [6, 6.07) is 11.4. The van der Waals surface area contributed by atoms with Crippen LogP contribution in [0.2, 0.25) is 5.02 Å². The molecule has 5 heteroatoms. The average molecular weight is 346 g/mol. The maximum absolute atomic E-state index is 12.4. The number of anilines is 1. The molecule has 126 valence electrons. The predicted octanol–water partition coefficient (Wildman–Crippen LogP) is 4.24. The van der Waals surface area contributed by atoms with E-state index in [4.69, 9.17) is 21.1 Å². The van der Waals surface area contributed by atoms with Gasteiger partial charge in [0, 0.05) is 12.1 Å². The molecule has 1 amide bonds. The zero-order valence-corrected chi connectivity index (χ0v) is 14.4. The van der Waals surface area contributed by atoms with E-state index in [1.165, 1.54) is 0 Å². The van der Waals surface area contributed by atoms with Gasteiger partial charge < -0.3 is 14.8 Å². The lowest BCUT2D eigenvalue weighted by atomic mass is 10.1. The first-order valence-corrected chi connectivity index (χ1v) is 8.51. The fraction of sp³-hybridized carbons (Fsp3) is 0.316. The third-order valence-corrected chi connectivity index (χ3v) is 4.18. The lowest BCUT2D eigenvalue weighted by molar-refractivity contribution is -0.115. The van der Waals surface area contributed by atoms with Gasteiger partial charge in [0.05, 0.1) is 24.7 Å². The largest absolute Gasteiger partial charge is 0.489 e. The molecule has 2 aromatic rings. The van der Waals surface area contributed by atoms with Crippen LogP contribution in [0.25, 0.3) is 0 Å². The van der Waals surface area contributed by atoms with Gasteiger partial charge in [-0.3, -0.25) is 4.79 Å². The molecule has 3 rings (SSSR count). The standard InChI is InChI=1S/C19H20ClNO3/c1-2-14-6-3-4-7-16(14)21-18(22)12-13-10-15(20)19-17(11-13)23-8-5-9-24-19/h3-4,6-7,10-11H,2,5,8-9,12H2,1H3,(H,21,22). The molecule has 4 nitrogen and oxygen atoms in total. The molecule has 0 spiro atoms. The van der Waals surface area contributed by atoms with Gasteiger partial charge in [-0.15, -0.1) is 0 Å². The van der Waals surface area contributed by atoms with E-state index in [9.17, 15) is 4.79 Å². The number of amides is 1. The Kier molecular flexibility index (Phi) is 5.26. The number of carbonyl (C=O) groups excluding carboxylic acids is 1. The summed E-state index contributed by atoms with van der Waals surface area (Å²) in [5.41, 5.74) is 2.77. The smallest absolute Gasteiger partial charge is 0.228 e. The molecule has 0 radical (unpaired) electrons. The highest BCUT2D eigenvalue weighted by atomic mass is 35.5. The third kappa shape index (κ3) is 3.82. The van der Waals surface area contributed by atoms with Crippen LogP contribution in [0.5, 0.6) is 11.5 Å². The number of fused-ring (bicyclic) bond motifs is 1. The molecule has 0 bridgehead atoms. The Hall–Kier alpha value is -2.20. The number of hydrogen-bond acceptors (Lipinski definition) is 3. The molecule has 0 fully saturated rings. The van der Waals surface area contributed by atoms with Gasteiger partial charge in [-0.25, -0.2) is 0 Å². The maximum atomic E-state index is 12.4. The summed E-state index contributed by atoms with van der Waals surface area (Å²) in [6.07, 6.45) is 1.91. The Bertz CT molecular complexity index is 745. The second-order valence-electron chi connectivity index (χ2n) is 5.69. The van der Waals surface area contributed by atoms with Gasteiger partial charge >= 0.3 is 0 Å². The zero-order valence-electron chi connectivity index (χ0n) is 13.6. The average Bonchev–Trinajstić information content (AvgIpc) is 2.81. The molecular weight excluding hydrogens is 326 g/mol. The number of benzene rings is 2. The molecule has 0 saturated carbocycles. The number of rotatable bonds is 4. The summed E-state index contributed by atoms with van der Waals surface area (Å²) in [5.74, 6) is 1.09. The van der Waals surface area contributed by atoms with E-state index in [-0.39, 0.29) is 12.3 Å². The van der Waals surface area contributed by atoms with Crippen LogP contribution in [-0.4, -0.2) is 19.1 Å². The SMILES string of the molecule is CCc1ccccc1NC(=O)Cc1cc(Cl)c2c(c1)OCCCO2. The van der Waals surface area contributed by atoms with Crippen molar-refractivity contribution in [1.29, 1.82) is 0 Å². The van der Waals surface area contributed by atoms with Gasteiger partial charge in [0.2, 0.25) is 5.91 Å². The highest BCUT2D eigenvalue weighted by Crippen LogP contribution is 2.38. The molecule has 2 aromatic carbocycles. The van der Waals surface area contributed by atoms with Crippen LogP contribution in [0.15, 0.2) is 36.4 Å². The molecule has 0 unspecified atom stereocenters. The van der Waals surface area contributed by atoms with Crippen molar-refractivity contribution >= 4 is 23.2 Å². The van der Waals surface area contributed by atoms with Crippen molar-refractivity contribution in [2.75, 3.05) is 18.5 Å². The lowest BCUT2D eigenvalue weighted by Crippen LogP contribution is -2.15. The number of para-hydroxylation sites is 1. The van der Waals surface area contributed by atoms with Crippen molar-refractivity contribution in [3.63, 3.8) is 0 Å². The molecule has 0 atom stereocenters. The quantitative estimate of drug-likeness (QED) is 0.901. The van der Waals surface area contributed by atoms with E-state index in [1.807, 2.05) is 30.3 Å². The molecule has 1 heterocycles. The highest BCUT2D eigenvalue weighted by molar-refractivity contribution is 6.32. The summed E-state index contributed by atoms with van der Waals surface area (Å²) in [7, 11) is 0. The van der Waals surface area contributed by atoms with Crippen molar-refractivity contribution in [1.82, 2.24) is 0 Å². The second-order valence-corrected chi connectivity index (χ2v) is 6.10. The van der Waals surface area contributed by atoms with Crippen LogP contribution >= 0.6 is 11.6 Å². The molecule has 1 aliphatic rings. The molecule has 0 aliphatic carbocycles. The number of ether oxygens (including phenoxy) is 2. The Morgan fingerprint density at radius 2 is 2.00 bits per heavy atom. The Labute approximate surface area is 146 Å². The number of aryl methyl sites for hydroxylation is 1. The number of carbonyl (C=O) groups is 1. The van der Waals surface area contributed by atoms with Gasteiger partial charge in [0.25, 0.3) is 0 Å². The first kappa shape index (κ1) is 16.7. The van der Waals surface area contributed by atoms with E-state index in [1.54, 1.807) is 6.07 Å². The molecule has 24 heavy (non-hydrogen) atoms. The highest BCUT2D eigenvalue weighted by Gasteiger charge is 2.17. The fourth-order valence-corrected chi connectivity index (χ4v) is 3.00. The van der Waals surface area contributed by atoms with Crippen LogP contribution in [-0.2, 0) is 17.6 Å². The summed E-state index contributed by atoms with van der Waals surface area (Å²) in [4.78, 5) is 12.4. The van der Waals surface area contributed by atoms with E-state index in [0.717, 1.165) is 29.7 Å². The lowest BCUT2D eigenvalue weighted by Gasteiger charge is -2.12. The van der Waals surface area contributed by atoms with E-state index >= 15 is 0 Å². The summed E-state index contributed by atoms with van der Waals surface area (Å²) < 4.78 is 11.3. The van der Waals surface area contributed by atoms with Gasteiger partial charge in [0.1, 0.15) is 0 Å². The molecule has 0 saturated heterocycles. The normalized spacial score (nSPS) is 13.2. The summed E-state index contributed by atoms with van der Waals surface area (Å²) >= 11 is 6.27. The molecule has 1 N–H and O–H groups in total. The van der Waals surface area contributed by atoms with E-state index in [2.05, 4.69) is 12.2 Å². The second kappa shape index (κ2) is 7.58. The van der Waals surface area contributed by atoms with Crippen LogP contribution in [0, 0.1) is 0 Å². The van der Waals surface area contributed by atoms with Crippen molar-refractivity contribution in [3.8, 4) is 11.5 Å². The van der Waals surface area contributed by atoms with Gasteiger partial charge in [-0.05, 0) is 35.7 Å². The van der Waals surface area contributed by atoms with Gasteiger partial charge in [-0.1, -0.05) is 36.7 Å². The van der Waals surface area contributed by atoms with Crippen LogP contribution < -0.4 is 14.8 Å². The fourth-order valence-electron chi connectivity index (χ4n) is 2.72. The Balaban J connectivity index is 1.75. The summed E-state index contributed by atoms with van der Waals surface area (Å²) in [6.45, 7) is 3.23. The topological polar surface area (TPSA) is 47.6 Å². The molecule has 1 aliphatic heterocycles. The minimum atomic E-state index is -0.0820. The number of halogens is 1. The van der Waals surface area contributed by atoms with Crippen molar-refractivity contribution in [3.05, 3.63) is 52.5 Å². The Morgan fingerprint density at radius 3 is 2.83 bits per heavy atom. The monoisotopic (exact) mass is 345 g/mol. The Morgan fingerprint density at radius 1 is 1.21 bits per heavy atom. The van der Waals surface area contributed by atoms with Crippen molar-refractivity contribution in [2.24, 2.45) is 0 Å². The zero-order chi connectivity index (χ0) is 16.9. The van der Waals surface area contributed by atoms with E-state index in [0.29, 0.717) is 29.7 Å². The van der Waals surface area contributed by atoms with Crippen molar-refractivity contribution < 1.29 is 14.3 Å². The maximum Gasteiger partial charge on any atom is 0.228 e. The van der Waals surface area contributed by atoms with E-state index < -0.39 is 0 Å². The van der Waals surface area contributed by atoms with Crippen molar-refractivity contribution in [2.45, 2.75) is 26.2 Å². The van der Waals surface area contributed by atoms with Crippen LogP contribution in [0.1, 0.15) is 24.5 Å². The third-order valence-electron chi connectivity index (χ3n) is 3.90. The number of hydrogen-bond donors (Lipinski definition) is 1. The van der Waals surface area contributed by atoms with Crippen LogP contribution in [0.3, 0.4) is 0 Å². The summed E-state index contributed by atoms with van der Waals surface area (Å²) in [5, 5.41) is 3.45. The first-order valence-electron chi connectivity index (χ1n) is 8.13. The van der Waals surface area contributed by atoms with Crippen LogP contribution in [0.4, 0.5) is 5.69 Å². The van der Waals surface area contributed by atoms with Gasteiger partial charge in [-0.2, -0.15) is 0 Å². The molecule has 0 aromatic heterocycles.